The Labute approximate surface area is 242 Å². The van der Waals surface area contributed by atoms with Gasteiger partial charge in [0.2, 0.25) is 5.16 Å². The van der Waals surface area contributed by atoms with Crippen molar-refractivity contribution in [2.24, 2.45) is 0 Å². The molecule has 1 atom stereocenters. The molecule has 0 spiro atoms. The smallest absolute Gasteiger partial charge is 0.790 e. The summed E-state index contributed by atoms with van der Waals surface area (Å²) in [4.78, 5) is 42.5. The Balaban J connectivity index is 0.00000289. The summed E-state index contributed by atoms with van der Waals surface area (Å²) in [5.74, 6) is 0.355. The van der Waals surface area contributed by atoms with Crippen molar-refractivity contribution >= 4 is 35.4 Å². The molecule has 0 N–H and O–H groups in total. The second-order valence-corrected chi connectivity index (χ2v) is 9.22. The number of ether oxygens (including phenoxy) is 2. The minimum atomic E-state index is -5.31. The maximum Gasteiger partial charge on any atom is 1.00 e. The van der Waals surface area contributed by atoms with Crippen LogP contribution in [0.1, 0.15) is 28.5 Å². The van der Waals surface area contributed by atoms with Crippen molar-refractivity contribution in [1.82, 2.24) is 14.5 Å². The van der Waals surface area contributed by atoms with Crippen LogP contribution in [-0.2, 0) is 32.4 Å². The van der Waals surface area contributed by atoms with Crippen LogP contribution < -0.4 is 78.4 Å². The van der Waals surface area contributed by atoms with Crippen molar-refractivity contribution in [2.45, 2.75) is 31.5 Å². The van der Waals surface area contributed by atoms with Crippen LogP contribution in [0.4, 0.5) is 0 Å². The largest absolute Gasteiger partial charge is 1.00 e. The summed E-state index contributed by atoms with van der Waals surface area (Å²) in [5.41, 5.74) is 1.99. The van der Waals surface area contributed by atoms with Crippen molar-refractivity contribution in [2.75, 3.05) is 14.2 Å². The van der Waals surface area contributed by atoms with E-state index in [0.717, 1.165) is 0 Å². The summed E-state index contributed by atoms with van der Waals surface area (Å²) in [6.07, 6.45) is 1.47. The van der Waals surface area contributed by atoms with E-state index in [1.165, 1.54) is 38.0 Å². The van der Waals surface area contributed by atoms with Crippen LogP contribution >= 0.6 is 7.82 Å². The topological polar surface area (TPSA) is 156 Å². The van der Waals surface area contributed by atoms with Crippen molar-refractivity contribution in [1.29, 1.82) is 0 Å². The van der Waals surface area contributed by atoms with Crippen LogP contribution in [0.25, 0.3) is 11.0 Å². The molecular weight excluding hydrogens is 507 g/mol. The number of carbonyl (C=O) groups is 1. The molecular formula is C19H20N3Na2O8PS. The first kappa shape index (κ1) is 31.4. The molecule has 0 radical (unpaired) electrons. The average Bonchev–Trinajstić information content (AvgIpc) is 3.08. The molecule has 0 saturated carbocycles. The van der Waals surface area contributed by atoms with Gasteiger partial charge in [0.1, 0.15) is 6.73 Å². The summed E-state index contributed by atoms with van der Waals surface area (Å²) in [6.45, 7) is 2.38. The molecule has 0 bridgehead atoms. The molecule has 15 heteroatoms. The van der Waals surface area contributed by atoms with Crippen molar-refractivity contribution < 1.29 is 96.5 Å². The molecule has 34 heavy (non-hydrogen) atoms. The van der Waals surface area contributed by atoms with Gasteiger partial charge in [-0.25, -0.2) is 4.98 Å². The molecule has 3 aromatic rings. The van der Waals surface area contributed by atoms with Crippen LogP contribution in [0.2, 0.25) is 0 Å². The molecule has 0 aliphatic rings. The Morgan fingerprint density at radius 1 is 1.21 bits per heavy atom. The predicted molar refractivity (Wildman–Crippen MR) is 111 cm³/mol. The normalized spacial score (nSPS) is 11.9. The number of rotatable bonds is 9. The van der Waals surface area contributed by atoms with E-state index < -0.39 is 25.4 Å². The maximum absolute atomic E-state index is 13.2. The number of phosphoric acid groups is 1. The fourth-order valence-corrected chi connectivity index (χ4v) is 4.64. The number of methoxy groups -OCH3 is 2. The summed E-state index contributed by atoms with van der Waals surface area (Å²) < 4.78 is 40.5. The molecule has 1 unspecified atom stereocenters. The van der Waals surface area contributed by atoms with Gasteiger partial charge in [-0.15, -0.1) is 0 Å². The Morgan fingerprint density at radius 2 is 1.88 bits per heavy atom. The Morgan fingerprint density at radius 3 is 2.44 bits per heavy atom. The predicted octanol–water partition coefficient (Wildman–Crippen LogP) is -4.92. The molecule has 11 nitrogen and oxygen atoms in total. The number of imidazole rings is 1. The van der Waals surface area contributed by atoms with Gasteiger partial charge in [-0.1, -0.05) is 0 Å². The van der Waals surface area contributed by atoms with Gasteiger partial charge in [-0.05, 0) is 31.5 Å². The number of benzene rings is 1. The van der Waals surface area contributed by atoms with Crippen molar-refractivity contribution in [3.63, 3.8) is 0 Å². The molecule has 0 aliphatic heterocycles. The maximum atomic E-state index is 13.2. The third-order valence-electron chi connectivity index (χ3n) is 4.62. The molecule has 172 valence electrons. The second-order valence-electron chi connectivity index (χ2n) is 6.72. The van der Waals surface area contributed by atoms with Crippen LogP contribution in [0, 0.1) is 6.92 Å². The van der Waals surface area contributed by atoms with Gasteiger partial charge < -0.3 is 28.3 Å². The van der Waals surface area contributed by atoms with E-state index in [2.05, 4.69) is 14.5 Å². The van der Waals surface area contributed by atoms with Gasteiger partial charge in [0.05, 0.1) is 55.3 Å². The monoisotopic (exact) mass is 527 g/mol. The van der Waals surface area contributed by atoms with Crippen LogP contribution in [0.15, 0.2) is 29.6 Å². The third-order valence-corrected chi connectivity index (χ3v) is 6.31. The number of hydrogen-bond acceptors (Lipinski definition) is 10. The molecule has 0 aliphatic carbocycles. The first-order chi connectivity index (χ1) is 15.1. The fourth-order valence-electron chi connectivity index (χ4n) is 3.20. The first-order valence-corrected chi connectivity index (χ1v) is 12.0. The Hall–Kier alpha value is -0.630. The van der Waals surface area contributed by atoms with E-state index in [1.807, 2.05) is 0 Å². The van der Waals surface area contributed by atoms with Gasteiger partial charge >= 0.3 is 59.1 Å². The Bertz CT molecular complexity index is 1260. The number of fused-ring (bicyclic) bond motifs is 1. The quantitative estimate of drug-likeness (QED) is 0.150. The van der Waals surface area contributed by atoms with Gasteiger partial charge in [0.15, 0.2) is 17.3 Å². The fraction of sp³-hybridized carbons (Fsp3) is 0.316. The number of nitrogens with zero attached hydrogens (tertiary/aromatic N) is 3. The molecule has 0 amide bonds. The number of carbonyl (C=O) groups excluding carboxylic acids is 1. The standard InChI is InChI=1S/C19H22N3O8PS.2Na/c1-11-7-16-14(8-13(11)12(2)23)21-19(22(16)10-30-31(24,25)26)32(27)9-15-18(29-4)17(28-3)5-6-20-15;;/h5-8H,9-10H2,1-4H3,(H2,24,25,26);;/q;2*+1/p-2. The van der Waals surface area contributed by atoms with E-state index in [0.29, 0.717) is 39.4 Å². The SMILES string of the molecule is COc1ccnc(CS(=O)c2nc3cc(C(C)=O)c(C)cc3n2COP(=O)([O-])[O-])c1OC.[Na+].[Na+]. The van der Waals surface area contributed by atoms with E-state index in [-0.39, 0.29) is 75.8 Å². The number of Topliss-reactive ketones (excluding diaryl/α,β-unsaturated/α-hetero) is 1. The van der Waals surface area contributed by atoms with E-state index >= 15 is 0 Å². The zero-order valence-electron chi connectivity index (χ0n) is 19.7. The van der Waals surface area contributed by atoms with Crippen molar-refractivity contribution in [3.05, 3.63) is 41.2 Å². The number of phosphoric ester groups is 1. The summed E-state index contributed by atoms with van der Waals surface area (Å²) in [6, 6.07) is 4.69. The number of aromatic nitrogens is 3. The minimum Gasteiger partial charge on any atom is -0.790 e. The van der Waals surface area contributed by atoms with Crippen LogP contribution in [-0.4, -0.2) is 38.7 Å². The van der Waals surface area contributed by atoms with Gasteiger partial charge in [-0.3, -0.25) is 18.6 Å². The van der Waals surface area contributed by atoms with Crippen molar-refractivity contribution in [3.8, 4) is 11.5 Å². The zero-order valence-corrected chi connectivity index (χ0v) is 25.4. The molecule has 1 aromatic carbocycles. The summed E-state index contributed by atoms with van der Waals surface area (Å²) in [5, 5.41) is -0.0553. The van der Waals surface area contributed by atoms with Gasteiger partial charge in [0.25, 0.3) is 0 Å². The average molecular weight is 527 g/mol. The third kappa shape index (κ3) is 7.21. The second kappa shape index (κ2) is 13.1. The number of hydrogen-bond donors (Lipinski definition) is 0. The zero-order chi connectivity index (χ0) is 23.6. The summed E-state index contributed by atoms with van der Waals surface area (Å²) >= 11 is 0. The van der Waals surface area contributed by atoms with Crippen LogP contribution in [0.3, 0.4) is 0 Å². The number of ketones is 1. The van der Waals surface area contributed by atoms with E-state index in [1.54, 1.807) is 19.1 Å². The van der Waals surface area contributed by atoms with Gasteiger partial charge in [-0.2, -0.15) is 0 Å². The van der Waals surface area contributed by atoms with Crippen LogP contribution in [0.5, 0.6) is 11.5 Å². The molecule has 2 heterocycles. The van der Waals surface area contributed by atoms with E-state index in [4.69, 9.17) is 9.47 Å². The van der Waals surface area contributed by atoms with E-state index in [9.17, 15) is 23.4 Å². The van der Waals surface area contributed by atoms with Gasteiger partial charge in [0, 0.05) is 17.8 Å². The molecule has 0 fully saturated rings. The molecule has 3 rings (SSSR count). The first-order valence-electron chi connectivity index (χ1n) is 9.18. The molecule has 2 aromatic heterocycles. The number of pyridine rings is 1. The molecule has 0 saturated heterocycles. The Kier molecular flexibility index (Phi) is 12.1. The number of aryl methyl sites for hydroxylation is 1. The minimum absolute atomic E-state index is 0. The summed E-state index contributed by atoms with van der Waals surface area (Å²) in [7, 11) is -4.30.